The van der Waals surface area contributed by atoms with Crippen molar-refractivity contribution in [3.8, 4) is 0 Å². The summed E-state index contributed by atoms with van der Waals surface area (Å²) >= 11 is 0. The number of hydrogen-bond donors (Lipinski definition) is 3. The molecule has 0 saturated carbocycles. The number of aromatic nitrogens is 2. The van der Waals surface area contributed by atoms with Crippen molar-refractivity contribution in [2.45, 2.75) is 6.54 Å². The molecule has 0 atom stereocenters. The minimum atomic E-state index is -0.985. The van der Waals surface area contributed by atoms with E-state index in [0.29, 0.717) is 12.1 Å². The lowest BCUT2D eigenvalue weighted by atomic mass is 10.1. The molecule has 6 heteroatoms. The van der Waals surface area contributed by atoms with Gasteiger partial charge in [0.05, 0.1) is 11.8 Å². The number of H-pyrrole nitrogens is 1. The summed E-state index contributed by atoms with van der Waals surface area (Å²) < 4.78 is 0. The second-order valence-electron chi connectivity index (χ2n) is 4.08. The molecule has 1 heterocycles. The van der Waals surface area contributed by atoms with Crippen molar-refractivity contribution < 1.29 is 14.7 Å². The number of carbonyl (C=O) groups is 2. The maximum Gasteiger partial charge on any atom is 0.328 e. The number of rotatable bonds is 5. The van der Waals surface area contributed by atoms with Crippen LogP contribution >= 0.6 is 0 Å². The van der Waals surface area contributed by atoms with E-state index in [1.807, 2.05) is 12.1 Å². The standard InChI is InChI=1S/C14H13N3O3/c18-13(19)6-5-10-1-3-11(4-2-10)7-15-14(20)12-8-16-17-9-12/h1-6,8-9H,7H2,(H,15,20)(H,16,17)(H,18,19). The first-order valence-corrected chi connectivity index (χ1v) is 5.92. The first-order valence-electron chi connectivity index (χ1n) is 5.92. The van der Waals surface area contributed by atoms with Crippen LogP contribution in [-0.4, -0.2) is 27.2 Å². The van der Waals surface area contributed by atoms with E-state index in [4.69, 9.17) is 5.11 Å². The average molecular weight is 271 g/mol. The zero-order valence-electron chi connectivity index (χ0n) is 10.5. The van der Waals surface area contributed by atoms with Gasteiger partial charge in [-0.3, -0.25) is 9.89 Å². The third-order valence-electron chi connectivity index (χ3n) is 2.61. The Morgan fingerprint density at radius 3 is 2.65 bits per heavy atom. The van der Waals surface area contributed by atoms with Gasteiger partial charge in [-0.25, -0.2) is 4.79 Å². The maximum absolute atomic E-state index is 11.7. The highest BCUT2D eigenvalue weighted by Crippen LogP contribution is 2.06. The Morgan fingerprint density at radius 1 is 1.30 bits per heavy atom. The van der Waals surface area contributed by atoms with Crippen molar-refractivity contribution in [3.63, 3.8) is 0 Å². The van der Waals surface area contributed by atoms with Crippen molar-refractivity contribution in [3.05, 3.63) is 59.4 Å². The molecule has 6 nitrogen and oxygen atoms in total. The van der Waals surface area contributed by atoms with Crippen LogP contribution in [0.15, 0.2) is 42.7 Å². The monoisotopic (exact) mass is 271 g/mol. The van der Waals surface area contributed by atoms with Crippen molar-refractivity contribution in [2.75, 3.05) is 0 Å². The van der Waals surface area contributed by atoms with Gasteiger partial charge in [-0.1, -0.05) is 24.3 Å². The molecule has 0 aliphatic rings. The van der Waals surface area contributed by atoms with E-state index in [0.717, 1.165) is 17.2 Å². The number of carbonyl (C=O) groups excluding carboxylic acids is 1. The molecule has 0 spiro atoms. The maximum atomic E-state index is 11.7. The molecule has 2 rings (SSSR count). The van der Waals surface area contributed by atoms with Crippen LogP contribution in [0.1, 0.15) is 21.5 Å². The molecule has 0 unspecified atom stereocenters. The third kappa shape index (κ3) is 3.81. The quantitative estimate of drug-likeness (QED) is 0.717. The van der Waals surface area contributed by atoms with Gasteiger partial charge < -0.3 is 10.4 Å². The minimum Gasteiger partial charge on any atom is -0.478 e. The van der Waals surface area contributed by atoms with Crippen LogP contribution < -0.4 is 5.32 Å². The molecule has 2 aromatic rings. The van der Waals surface area contributed by atoms with Gasteiger partial charge in [0.15, 0.2) is 0 Å². The molecular formula is C14H13N3O3. The van der Waals surface area contributed by atoms with Gasteiger partial charge in [-0.2, -0.15) is 5.10 Å². The second-order valence-corrected chi connectivity index (χ2v) is 4.08. The number of hydrogen-bond acceptors (Lipinski definition) is 3. The van der Waals surface area contributed by atoms with Gasteiger partial charge in [-0.05, 0) is 17.2 Å². The average Bonchev–Trinajstić information content (AvgIpc) is 2.98. The highest BCUT2D eigenvalue weighted by Gasteiger charge is 2.05. The van der Waals surface area contributed by atoms with Crippen LogP contribution in [0.2, 0.25) is 0 Å². The summed E-state index contributed by atoms with van der Waals surface area (Å²) in [6.07, 6.45) is 5.57. The molecule has 1 amide bonds. The first-order chi connectivity index (χ1) is 9.65. The van der Waals surface area contributed by atoms with Gasteiger partial charge in [-0.15, -0.1) is 0 Å². The SMILES string of the molecule is O=C(O)C=Cc1ccc(CNC(=O)c2cn[nH]c2)cc1. The molecular weight excluding hydrogens is 258 g/mol. The van der Waals surface area contributed by atoms with E-state index in [2.05, 4.69) is 15.5 Å². The van der Waals surface area contributed by atoms with E-state index in [-0.39, 0.29) is 5.91 Å². The Bertz CT molecular complexity index is 616. The Morgan fingerprint density at radius 2 is 2.05 bits per heavy atom. The van der Waals surface area contributed by atoms with Gasteiger partial charge in [0.1, 0.15) is 0 Å². The summed E-state index contributed by atoms with van der Waals surface area (Å²) in [7, 11) is 0. The summed E-state index contributed by atoms with van der Waals surface area (Å²) in [5.41, 5.74) is 2.19. The number of amides is 1. The molecule has 20 heavy (non-hydrogen) atoms. The molecule has 0 fully saturated rings. The number of benzene rings is 1. The number of nitrogens with one attached hydrogen (secondary N) is 2. The van der Waals surface area contributed by atoms with Gasteiger partial charge in [0.2, 0.25) is 0 Å². The van der Waals surface area contributed by atoms with Crippen LogP contribution in [0.25, 0.3) is 6.08 Å². The molecule has 0 bridgehead atoms. The largest absolute Gasteiger partial charge is 0.478 e. The van der Waals surface area contributed by atoms with E-state index in [1.165, 1.54) is 18.5 Å². The van der Waals surface area contributed by atoms with Crippen molar-refractivity contribution >= 4 is 18.0 Å². The Balaban J connectivity index is 1.91. The fourth-order valence-electron chi connectivity index (χ4n) is 1.57. The zero-order valence-corrected chi connectivity index (χ0v) is 10.5. The van der Waals surface area contributed by atoms with Crippen LogP contribution in [0.5, 0.6) is 0 Å². The van der Waals surface area contributed by atoms with Crippen LogP contribution in [0.4, 0.5) is 0 Å². The van der Waals surface area contributed by atoms with Gasteiger partial charge in [0.25, 0.3) is 5.91 Å². The number of nitrogens with zero attached hydrogens (tertiary/aromatic N) is 1. The topological polar surface area (TPSA) is 95.1 Å². The predicted molar refractivity (Wildman–Crippen MR) is 72.9 cm³/mol. The summed E-state index contributed by atoms with van der Waals surface area (Å²) in [6.45, 7) is 0.396. The molecule has 0 aliphatic carbocycles. The molecule has 0 aliphatic heterocycles. The second kappa shape index (κ2) is 6.33. The predicted octanol–water partition coefficient (Wildman–Crippen LogP) is 1.44. The van der Waals surface area contributed by atoms with Crippen LogP contribution in [0.3, 0.4) is 0 Å². The van der Waals surface area contributed by atoms with Crippen molar-refractivity contribution in [2.24, 2.45) is 0 Å². The lowest BCUT2D eigenvalue weighted by Crippen LogP contribution is -2.22. The summed E-state index contributed by atoms with van der Waals surface area (Å²) in [5, 5.41) is 17.6. The smallest absolute Gasteiger partial charge is 0.328 e. The Kier molecular flexibility index (Phi) is 4.28. The number of aromatic amines is 1. The Labute approximate surface area is 115 Å². The fraction of sp³-hybridized carbons (Fsp3) is 0.0714. The summed E-state index contributed by atoms with van der Waals surface area (Å²) in [5.74, 6) is -1.19. The van der Waals surface area contributed by atoms with E-state index < -0.39 is 5.97 Å². The summed E-state index contributed by atoms with van der Waals surface area (Å²) in [6, 6.07) is 7.24. The molecule has 1 aromatic carbocycles. The van der Waals surface area contributed by atoms with Gasteiger partial charge >= 0.3 is 5.97 Å². The zero-order chi connectivity index (χ0) is 14.4. The van der Waals surface area contributed by atoms with E-state index in [1.54, 1.807) is 12.1 Å². The number of carboxylic acid groups (broad SMARTS) is 1. The fourth-order valence-corrected chi connectivity index (χ4v) is 1.57. The van der Waals surface area contributed by atoms with E-state index in [9.17, 15) is 9.59 Å². The molecule has 3 N–H and O–H groups in total. The lowest BCUT2D eigenvalue weighted by Gasteiger charge is -2.04. The van der Waals surface area contributed by atoms with Crippen molar-refractivity contribution in [1.82, 2.24) is 15.5 Å². The molecule has 0 saturated heterocycles. The van der Waals surface area contributed by atoms with Crippen LogP contribution in [-0.2, 0) is 11.3 Å². The molecule has 102 valence electrons. The Hall–Kier alpha value is -2.89. The van der Waals surface area contributed by atoms with Crippen LogP contribution in [0, 0.1) is 0 Å². The molecule has 0 radical (unpaired) electrons. The highest BCUT2D eigenvalue weighted by atomic mass is 16.4. The number of aliphatic carboxylic acids is 1. The first kappa shape index (κ1) is 13.5. The highest BCUT2D eigenvalue weighted by molar-refractivity contribution is 5.93. The van der Waals surface area contributed by atoms with Gasteiger partial charge in [0, 0.05) is 18.8 Å². The summed E-state index contributed by atoms with van der Waals surface area (Å²) in [4.78, 5) is 22.1. The molecule has 1 aromatic heterocycles. The minimum absolute atomic E-state index is 0.200. The normalized spacial score (nSPS) is 10.6. The number of carboxylic acids is 1. The third-order valence-corrected chi connectivity index (χ3v) is 2.61. The lowest BCUT2D eigenvalue weighted by molar-refractivity contribution is -0.131. The van der Waals surface area contributed by atoms with E-state index >= 15 is 0 Å². The van der Waals surface area contributed by atoms with Crippen molar-refractivity contribution in [1.29, 1.82) is 0 Å².